The Kier molecular flexibility index (Phi) is 4.02. The van der Waals surface area contributed by atoms with Crippen LogP contribution in [-0.4, -0.2) is 53.3 Å². The molecule has 1 aliphatic rings. The number of hydrogen-bond acceptors (Lipinski definition) is 6. The van der Waals surface area contributed by atoms with Crippen LogP contribution in [0.15, 0.2) is 0 Å². The Bertz CT molecular complexity index is 366. The van der Waals surface area contributed by atoms with Crippen LogP contribution in [0.3, 0.4) is 0 Å². The van der Waals surface area contributed by atoms with Crippen molar-refractivity contribution in [2.24, 2.45) is 0 Å². The average Bonchev–Trinajstić information content (AvgIpc) is 2.48. The molecule has 1 rings (SSSR count). The molecule has 0 aliphatic carbocycles. The van der Waals surface area contributed by atoms with Gasteiger partial charge in [-0.1, -0.05) is 0 Å². The van der Waals surface area contributed by atoms with Gasteiger partial charge in [0.2, 0.25) is 5.91 Å². The molecular formula is C9H10N2O6-2. The van der Waals surface area contributed by atoms with E-state index in [2.05, 4.69) is 0 Å². The van der Waals surface area contributed by atoms with Crippen LogP contribution in [0.4, 0.5) is 4.79 Å². The number of nitrogens with zero attached hydrogens (tertiary/aromatic N) is 2. The third-order valence-corrected chi connectivity index (χ3v) is 2.25. The molecule has 0 spiro atoms. The van der Waals surface area contributed by atoms with Crippen LogP contribution in [-0.2, 0) is 14.4 Å². The van der Waals surface area contributed by atoms with E-state index in [9.17, 15) is 29.4 Å². The summed E-state index contributed by atoms with van der Waals surface area (Å²) in [6, 6.07) is -0.683. The van der Waals surface area contributed by atoms with Gasteiger partial charge in [-0.3, -0.25) is 9.69 Å². The van der Waals surface area contributed by atoms with E-state index in [1.54, 1.807) is 0 Å². The van der Waals surface area contributed by atoms with Crippen molar-refractivity contribution in [2.45, 2.75) is 12.8 Å². The first-order valence-electron chi connectivity index (χ1n) is 4.90. The van der Waals surface area contributed by atoms with Gasteiger partial charge in [-0.2, -0.15) is 0 Å². The van der Waals surface area contributed by atoms with Crippen LogP contribution in [0.2, 0.25) is 0 Å². The molecular weight excluding hydrogens is 232 g/mol. The lowest BCUT2D eigenvalue weighted by Crippen LogP contribution is -2.37. The van der Waals surface area contributed by atoms with Gasteiger partial charge >= 0.3 is 6.03 Å². The molecule has 0 saturated carbocycles. The number of carbonyl (C=O) groups excluding carboxylic acids is 4. The smallest absolute Gasteiger partial charge is 0.327 e. The zero-order valence-electron chi connectivity index (χ0n) is 8.88. The Morgan fingerprint density at radius 1 is 1.06 bits per heavy atom. The van der Waals surface area contributed by atoms with Crippen molar-refractivity contribution < 1.29 is 29.4 Å². The van der Waals surface area contributed by atoms with Crippen molar-refractivity contribution in [3.63, 3.8) is 0 Å². The highest BCUT2D eigenvalue weighted by Gasteiger charge is 2.34. The Morgan fingerprint density at radius 3 is 2.12 bits per heavy atom. The van der Waals surface area contributed by atoms with Crippen molar-refractivity contribution >= 4 is 23.9 Å². The van der Waals surface area contributed by atoms with E-state index < -0.39 is 30.3 Å². The van der Waals surface area contributed by atoms with Gasteiger partial charge in [0, 0.05) is 37.9 Å². The summed E-state index contributed by atoms with van der Waals surface area (Å²) in [6.45, 7) is -0.629. The zero-order chi connectivity index (χ0) is 13.0. The van der Waals surface area contributed by atoms with Gasteiger partial charge in [0.1, 0.15) is 6.54 Å². The molecule has 8 nitrogen and oxygen atoms in total. The molecule has 1 saturated heterocycles. The van der Waals surface area contributed by atoms with E-state index in [4.69, 9.17) is 0 Å². The molecule has 94 valence electrons. The van der Waals surface area contributed by atoms with Gasteiger partial charge in [0.25, 0.3) is 0 Å². The van der Waals surface area contributed by atoms with E-state index in [1.807, 2.05) is 0 Å². The maximum absolute atomic E-state index is 11.5. The summed E-state index contributed by atoms with van der Waals surface area (Å²) >= 11 is 0. The highest BCUT2D eigenvalue weighted by atomic mass is 16.4. The van der Waals surface area contributed by atoms with Crippen molar-refractivity contribution in [3.8, 4) is 0 Å². The Balaban J connectivity index is 2.52. The van der Waals surface area contributed by atoms with E-state index in [-0.39, 0.29) is 26.1 Å². The van der Waals surface area contributed by atoms with Gasteiger partial charge in [0.05, 0.1) is 0 Å². The van der Waals surface area contributed by atoms with Crippen LogP contribution in [0, 0.1) is 0 Å². The minimum absolute atomic E-state index is 0.130. The number of hydrogen-bond donors (Lipinski definition) is 0. The first-order chi connectivity index (χ1) is 7.91. The van der Waals surface area contributed by atoms with E-state index in [0.717, 1.165) is 9.80 Å². The highest BCUT2D eigenvalue weighted by molar-refractivity contribution is 6.02. The van der Waals surface area contributed by atoms with Crippen LogP contribution >= 0.6 is 0 Å². The van der Waals surface area contributed by atoms with Crippen LogP contribution in [0.1, 0.15) is 12.8 Å². The predicted molar refractivity (Wildman–Crippen MR) is 47.9 cm³/mol. The van der Waals surface area contributed by atoms with Gasteiger partial charge in [-0.25, -0.2) is 4.79 Å². The van der Waals surface area contributed by atoms with Crippen LogP contribution < -0.4 is 10.2 Å². The summed E-state index contributed by atoms with van der Waals surface area (Å²) in [4.78, 5) is 45.1. The summed E-state index contributed by atoms with van der Waals surface area (Å²) in [5, 5.41) is 20.4. The number of carbonyl (C=O) groups is 4. The average molecular weight is 242 g/mol. The highest BCUT2D eigenvalue weighted by Crippen LogP contribution is 2.10. The number of imide groups is 1. The lowest BCUT2D eigenvalue weighted by molar-refractivity contribution is -0.307. The second kappa shape index (κ2) is 5.28. The summed E-state index contributed by atoms with van der Waals surface area (Å²) in [5.41, 5.74) is 0. The molecule has 1 heterocycles. The maximum Gasteiger partial charge on any atom is 0.327 e. The molecule has 0 aromatic rings. The topological polar surface area (TPSA) is 121 Å². The van der Waals surface area contributed by atoms with Crippen molar-refractivity contribution in [3.05, 3.63) is 0 Å². The zero-order valence-corrected chi connectivity index (χ0v) is 8.88. The quantitative estimate of drug-likeness (QED) is 0.446. The minimum atomic E-state index is -1.36. The molecule has 0 aromatic heterocycles. The monoisotopic (exact) mass is 242 g/mol. The second-order valence-corrected chi connectivity index (χ2v) is 3.49. The Morgan fingerprint density at radius 2 is 1.59 bits per heavy atom. The maximum atomic E-state index is 11.5. The van der Waals surface area contributed by atoms with Crippen molar-refractivity contribution in [2.75, 3.05) is 19.6 Å². The van der Waals surface area contributed by atoms with Gasteiger partial charge in [-0.05, 0) is 0 Å². The number of amides is 3. The first kappa shape index (κ1) is 12.9. The van der Waals surface area contributed by atoms with Gasteiger partial charge in [-0.15, -0.1) is 0 Å². The molecule has 0 unspecified atom stereocenters. The molecule has 1 fully saturated rings. The molecule has 0 N–H and O–H groups in total. The number of carboxylic acid groups (broad SMARTS) is 2. The molecule has 17 heavy (non-hydrogen) atoms. The lowest BCUT2D eigenvalue weighted by atomic mass is 10.4. The number of urea groups is 1. The molecule has 0 aromatic carbocycles. The first-order valence-corrected chi connectivity index (χ1v) is 4.90. The summed E-state index contributed by atoms with van der Waals surface area (Å²) < 4.78 is 0. The second-order valence-electron chi connectivity index (χ2n) is 3.49. The fourth-order valence-corrected chi connectivity index (χ4v) is 1.42. The molecule has 1 aliphatic heterocycles. The van der Waals surface area contributed by atoms with E-state index in [1.165, 1.54) is 0 Å². The van der Waals surface area contributed by atoms with Gasteiger partial charge < -0.3 is 24.7 Å². The van der Waals surface area contributed by atoms with Crippen LogP contribution in [0.25, 0.3) is 0 Å². The number of aliphatic carboxylic acids is 2. The Hall–Kier alpha value is -2.12. The van der Waals surface area contributed by atoms with Crippen molar-refractivity contribution in [1.82, 2.24) is 9.80 Å². The number of carboxylic acids is 2. The lowest BCUT2D eigenvalue weighted by Gasteiger charge is -2.17. The predicted octanol–water partition coefficient (Wildman–Crippen LogP) is -3.47. The third-order valence-electron chi connectivity index (χ3n) is 2.25. The van der Waals surface area contributed by atoms with E-state index in [0.29, 0.717) is 0 Å². The molecule has 0 atom stereocenters. The molecule has 8 heteroatoms. The summed E-state index contributed by atoms with van der Waals surface area (Å²) in [6.07, 6.45) is -0.806. The SMILES string of the molecule is O=C([O-])CCN1CC(=O)N(CCC(=O)[O-])C1=O. The normalized spacial score (nSPS) is 15.5. The fraction of sp³-hybridized carbons (Fsp3) is 0.556. The minimum Gasteiger partial charge on any atom is -0.550 e. The van der Waals surface area contributed by atoms with Gasteiger partial charge in [0.15, 0.2) is 0 Å². The molecule has 0 bridgehead atoms. The largest absolute Gasteiger partial charge is 0.550 e. The fourth-order valence-electron chi connectivity index (χ4n) is 1.42. The van der Waals surface area contributed by atoms with Crippen LogP contribution in [0.5, 0.6) is 0 Å². The standard InChI is InChI=1S/C9H12N2O6/c12-6-5-10(3-1-7(13)14)9(17)11(6)4-2-8(15)16/h1-5H2,(H,13,14)(H,15,16)/p-2. The Labute approximate surface area is 96.4 Å². The number of rotatable bonds is 6. The third kappa shape index (κ3) is 3.44. The summed E-state index contributed by atoms with van der Waals surface area (Å²) in [7, 11) is 0. The summed E-state index contributed by atoms with van der Waals surface area (Å²) in [5.74, 6) is -3.23. The van der Waals surface area contributed by atoms with E-state index >= 15 is 0 Å². The van der Waals surface area contributed by atoms with Crippen molar-refractivity contribution in [1.29, 1.82) is 0 Å². The molecule has 0 radical (unpaired) electrons. The molecule has 3 amide bonds.